The third-order valence-corrected chi connectivity index (χ3v) is 7.12. The smallest absolute Gasteiger partial charge is 0.137 e. The minimum absolute atomic E-state index is 0.0909. The first-order valence-electron chi connectivity index (χ1n) is 15.6. The summed E-state index contributed by atoms with van der Waals surface area (Å²) in [5.74, 6) is 1.22. The Morgan fingerprint density at radius 3 is 2.31 bits per heavy atom. The Morgan fingerprint density at radius 2 is 1.62 bits per heavy atom. The Balaban J connectivity index is 1.90. The number of fused-ring (bicyclic) bond motifs is 3. The molecule has 0 aliphatic heterocycles. The van der Waals surface area contributed by atoms with Gasteiger partial charge < -0.3 is 4.74 Å². The Kier molecular flexibility index (Phi) is 6.29. The fourth-order valence-electron chi connectivity index (χ4n) is 4.89. The maximum Gasteiger partial charge on any atom is 0.137 e. The molecular weight excluding hydrogens is 544 g/mol. The van der Waals surface area contributed by atoms with Crippen LogP contribution in [-0.4, -0.2) is 9.55 Å². The van der Waals surface area contributed by atoms with Crippen LogP contribution in [0.3, 0.4) is 0 Å². The summed E-state index contributed by atoms with van der Waals surface area (Å²) in [5, 5.41) is 1.66. The zero-order valence-electron chi connectivity index (χ0n) is 27.8. The van der Waals surface area contributed by atoms with Crippen molar-refractivity contribution in [2.24, 2.45) is 11.8 Å². The van der Waals surface area contributed by atoms with E-state index < -0.39 is 12.7 Å². The average Bonchev–Trinajstić information content (AvgIpc) is 3.24. The lowest BCUT2D eigenvalue weighted by Crippen LogP contribution is -2.12. The van der Waals surface area contributed by atoms with Gasteiger partial charge >= 0.3 is 0 Å². The molecule has 2 aromatic heterocycles. The highest BCUT2D eigenvalue weighted by Gasteiger charge is 2.20. The highest BCUT2D eigenvalue weighted by molar-refractivity contribution is 9.10. The molecule has 0 radical (unpaired) electrons. The lowest BCUT2D eigenvalue weighted by Gasteiger charge is -2.20. The van der Waals surface area contributed by atoms with Crippen LogP contribution in [-0.2, 0) is 18.2 Å². The van der Waals surface area contributed by atoms with Gasteiger partial charge in [-0.1, -0.05) is 76.5 Å². The Hall–Kier alpha value is -3.11. The van der Waals surface area contributed by atoms with E-state index in [1.54, 1.807) is 0 Å². The second kappa shape index (κ2) is 10.8. The van der Waals surface area contributed by atoms with Crippen LogP contribution < -0.4 is 4.74 Å². The zero-order chi connectivity index (χ0) is 31.5. The molecule has 3 nitrogen and oxygen atoms in total. The SMILES string of the molecule is [2H]C([2H])(c1ccc2c(c1)c1cc(C([2H])([2H])C(C)C)c(Oc3cccc(Br)c3)cc1n2-c1cc(C(C)(C)C)ccn1)C(C)C. The molecule has 3 aromatic carbocycles. The summed E-state index contributed by atoms with van der Waals surface area (Å²) >= 11 is 3.52. The maximum absolute atomic E-state index is 9.12. The van der Waals surface area contributed by atoms with E-state index in [1.165, 1.54) is 0 Å². The quantitative estimate of drug-likeness (QED) is 0.189. The number of ether oxygens (including phenoxy) is 1. The van der Waals surface area contributed by atoms with E-state index in [2.05, 4.69) is 47.3 Å². The summed E-state index contributed by atoms with van der Waals surface area (Å²) in [5.41, 5.74) is 3.76. The van der Waals surface area contributed by atoms with Crippen LogP contribution in [0.2, 0.25) is 0 Å². The molecule has 0 fully saturated rings. The highest BCUT2D eigenvalue weighted by Crippen LogP contribution is 2.39. The first-order valence-corrected chi connectivity index (χ1v) is 14.3. The summed E-state index contributed by atoms with van der Waals surface area (Å²) < 4.78 is 45.2. The average molecular weight is 588 g/mol. The summed E-state index contributed by atoms with van der Waals surface area (Å²) in [6.45, 7) is 14.0. The van der Waals surface area contributed by atoms with Crippen LogP contribution in [0.4, 0.5) is 0 Å². The first-order chi connectivity index (χ1) is 20.0. The molecule has 0 amide bonds. The lowest BCUT2D eigenvalue weighted by atomic mass is 9.88. The maximum atomic E-state index is 9.12. The van der Waals surface area contributed by atoms with Crippen molar-refractivity contribution in [1.82, 2.24) is 9.55 Å². The predicted octanol–water partition coefficient (Wildman–Crippen LogP) is 10.4. The minimum Gasteiger partial charge on any atom is -0.457 e. The molecule has 0 bridgehead atoms. The second-order valence-electron chi connectivity index (χ2n) is 11.7. The monoisotopic (exact) mass is 586 g/mol. The molecule has 5 rings (SSSR count). The van der Waals surface area contributed by atoms with Gasteiger partial charge in [-0.25, -0.2) is 4.98 Å². The van der Waals surface area contributed by atoms with E-state index in [9.17, 15) is 0 Å². The number of rotatable bonds is 7. The lowest BCUT2D eigenvalue weighted by molar-refractivity contribution is 0.471. The molecule has 5 aromatic rings. The van der Waals surface area contributed by atoms with E-state index in [-0.39, 0.29) is 17.3 Å². The normalized spacial score (nSPS) is 14.5. The summed E-state index contributed by atoms with van der Waals surface area (Å²) in [7, 11) is 0. The van der Waals surface area contributed by atoms with Gasteiger partial charge in [-0.05, 0) is 95.2 Å². The Morgan fingerprint density at radius 1 is 0.872 bits per heavy atom. The number of benzene rings is 3. The fourth-order valence-corrected chi connectivity index (χ4v) is 5.27. The predicted molar refractivity (Wildman–Crippen MR) is 169 cm³/mol. The van der Waals surface area contributed by atoms with Crippen molar-refractivity contribution < 1.29 is 10.2 Å². The van der Waals surface area contributed by atoms with Gasteiger partial charge in [0.25, 0.3) is 0 Å². The van der Waals surface area contributed by atoms with Crippen molar-refractivity contribution >= 4 is 37.7 Å². The van der Waals surface area contributed by atoms with Gasteiger partial charge in [-0.15, -0.1) is 0 Å². The fraction of sp³-hybridized carbons (Fsp3) is 0.343. The van der Waals surface area contributed by atoms with E-state index in [4.69, 9.17) is 15.2 Å². The molecule has 0 aliphatic rings. The molecule has 0 saturated carbocycles. The highest BCUT2D eigenvalue weighted by atomic mass is 79.9. The molecule has 0 unspecified atom stereocenters. The molecule has 0 aliphatic carbocycles. The van der Waals surface area contributed by atoms with Gasteiger partial charge in [0.1, 0.15) is 17.3 Å². The zero-order valence-corrected chi connectivity index (χ0v) is 25.3. The largest absolute Gasteiger partial charge is 0.457 e. The molecule has 202 valence electrons. The van der Waals surface area contributed by atoms with E-state index >= 15 is 0 Å². The van der Waals surface area contributed by atoms with Gasteiger partial charge in [0.15, 0.2) is 0 Å². The van der Waals surface area contributed by atoms with Crippen molar-refractivity contribution in [3.8, 4) is 17.3 Å². The van der Waals surface area contributed by atoms with Crippen molar-refractivity contribution in [1.29, 1.82) is 0 Å². The second-order valence-corrected chi connectivity index (χ2v) is 12.7. The van der Waals surface area contributed by atoms with Gasteiger partial charge in [0, 0.05) is 33.0 Å². The minimum atomic E-state index is -1.70. The molecule has 0 saturated heterocycles. The van der Waals surface area contributed by atoms with Crippen LogP contribution in [0, 0.1) is 11.8 Å². The first kappa shape index (κ1) is 22.7. The number of hydrogen-bond acceptors (Lipinski definition) is 2. The van der Waals surface area contributed by atoms with Gasteiger partial charge in [-0.2, -0.15) is 0 Å². The Labute approximate surface area is 247 Å². The number of hydrogen-bond donors (Lipinski definition) is 0. The van der Waals surface area contributed by atoms with Crippen molar-refractivity contribution in [3.05, 3.63) is 94.1 Å². The number of halogens is 1. The third kappa shape index (κ3) is 5.91. The molecule has 4 heteroatoms. The molecule has 2 heterocycles. The molecular formula is C35H39BrN2O. The third-order valence-electron chi connectivity index (χ3n) is 6.63. The van der Waals surface area contributed by atoms with Crippen LogP contribution in [0.25, 0.3) is 27.6 Å². The van der Waals surface area contributed by atoms with Gasteiger partial charge in [0.05, 0.1) is 11.0 Å². The van der Waals surface area contributed by atoms with Crippen molar-refractivity contribution in [3.63, 3.8) is 0 Å². The number of aromatic nitrogens is 2. The summed E-state index contributed by atoms with van der Waals surface area (Å²) in [6.07, 6.45) is -1.41. The van der Waals surface area contributed by atoms with E-state index in [1.807, 2.05) is 94.6 Å². The summed E-state index contributed by atoms with van der Waals surface area (Å²) in [4.78, 5) is 4.79. The van der Waals surface area contributed by atoms with Crippen LogP contribution in [0.5, 0.6) is 11.5 Å². The topological polar surface area (TPSA) is 27.1 Å². The van der Waals surface area contributed by atoms with Crippen LogP contribution in [0.1, 0.15) is 70.6 Å². The molecule has 0 atom stereocenters. The standard InChI is InChI=1S/C35H39BrN2O/c1-22(2)15-24-11-12-31-29(17-24)30-18-25(16-23(3)4)33(39-28-10-8-9-27(36)20-28)21-32(30)38(31)34-19-26(13-14-37-34)35(5,6)7/h8-14,17-23H,15-16H2,1-7H3/i15D2,16D2. The van der Waals surface area contributed by atoms with Gasteiger partial charge in [-0.3, -0.25) is 4.57 Å². The van der Waals surface area contributed by atoms with Crippen molar-refractivity contribution in [2.75, 3.05) is 0 Å². The molecule has 39 heavy (non-hydrogen) atoms. The van der Waals surface area contributed by atoms with Gasteiger partial charge in [0.2, 0.25) is 0 Å². The number of nitrogens with zero attached hydrogens (tertiary/aromatic N) is 2. The van der Waals surface area contributed by atoms with Crippen molar-refractivity contribution in [2.45, 2.75) is 66.6 Å². The number of pyridine rings is 1. The Bertz CT molecular complexity index is 1820. The van der Waals surface area contributed by atoms with Crippen LogP contribution >= 0.6 is 15.9 Å². The molecule has 0 N–H and O–H groups in total. The van der Waals surface area contributed by atoms with Crippen LogP contribution in [0.15, 0.2) is 77.4 Å². The van der Waals surface area contributed by atoms with E-state index in [0.717, 1.165) is 37.7 Å². The molecule has 0 spiro atoms. The summed E-state index contributed by atoms with van der Waals surface area (Å²) in [6, 6.07) is 21.2. The van der Waals surface area contributed by atoms with E-state index in [0.29, 0.717) is 22.6 Å².